The van der Waals surface area contributed by atoms with Crippen molar-refractivity contribution in [3.05, 3.63) is 66.2 Å². The molecule has 2 rings (SSSR count). The van der Waals surface area contributed by atoms with Gasteiger partial charge in [-0.05, 0) is 17.7 Å². The summed E-state index contributed by atoms with van der Waals surface area (Å²) in [7, 11) is -3.77. The molecular formula is C15H16N2O3S. The molecule has 21 heavy (non-hydrogen) atoms. The van der Waals surface area contributed by atoms with E-state index < -0.39 is 21.2 Å². The summed E-state index contributed by atoms with van der Waals surface area (Å²) in [6, 6.07) is 17.1. The molecule has 5 nitrogen and oxygen atoms in total. The number of carbonyl (C=O) groups is 1. The van der Waals surface area contributed by atoms with Crippen LogP contribution >= 0.6 is 0 Å². The molecule has 1 amide bonds. The molecule has 3 N–H and O–H groups in total. The van der Waals surface area contributed by atoms with Crippen LogP contribution in [0.5, 0.6) is 0 Å². The van der Waals surface area contributed by atoms with Crippen molar-refractivity contribution in [1.82, 2.24) is 0 Å². The highest BCUT2D eigenvalue weighted by Gasteiger charge is 2.28. The van der Waals surface area contributed by atoms with Gasteiger partial charge in [-0.2, -0.15) is 0 Å². The average Bonchev–Trinajstić information content (AvgIpc) is 2.46. The lowest BCUT2D eigenvalue weighted by Crippen LogP contribution is -2.26. The van der Waals surface area contributed by atoms with E-state index in [4.69, 9.17) is 5.73 Å². The summed E-state index contributed by atoms with van der Waals surface area (Å²) in [5.41, 5.74) is 6.16. The van der Waals surface area contributed by atoms with E-state index in [0.717, 1.165) is 0 Å². The van der Waals surface area contributed by atoms with Crippen LogP contribution in [-0.2, 0) is 14.8 Å². The van der Waals surface area contributed by atoms with Crippen molar-refractivity contribution in [2.24, 2.45) is 5.73 Å². The molecule has 0 saturated heterocycles. The van der Waals surface area contributed by atoms with E-state index >= 15 is 0 Å². The number of nitrogens with two attached hydrogens (primary N) is 1. The van der Waals surface area contributed by atoms with Gasteiger partial charge in [0.2, 0.25) is 15.9 Å². The number of hydrogen-bond donors (Lipinski definition) is 2. The van der Waals surface area contributed by atoms with Crippen LogP contribution in [0.15, 0.2) is 60.7 Å². The fourth-order valence-corrected chi connectivity index (χ4v) is 3.50. The number of anilines is 1. The maximum Gasteiger partial charge on any atom is 0.240 e. The maximum absolute atomic E-state index is 12.5. The highest BCUT2D eigenvalue weighted by Crippen LogP contribution is 2.27. The summed E-state index contributed by atoms with van der Waals surface area (Å²) in [4.78, 5) is 11.2. The van der Waals surface area contributed by atoms with Gasteiger partial charge in [0.1, 0.15) is 5.25 Å². The van der Waals surface area contributed by atoms with E-state index in [0.29, 0.717) is 11.3 Å². The van der Waals surface area contributed by atoms with Crippen molar-refractivity contribution < 1.29 is 13.2 Å². The predicted octanol–water partition coefficient (Wildman–Crippen LogP) is 2.04. The van der Waals surface area contributed by atoms with E-state index in [1.54, 1.807) is 60.7 Å². The lowest BCUT2D eigenvalue weighted by molar-refractivity contribution is -0.118. The van der Waals surface area contributed by atoms with Crippen molar-refractivity contribution in [2.45, 2.75) is 11.7 Å². The number of nitrogens with one attached hydrogen (secondary N) is 1. The Morgan fingerprint density at radius 2 is 1.52 bits per heavy atom. The van der Waals surface area contributed by atoms with E-state index in [9.17, 15) is 13.2 Å². The molecule has 0 bridgehead atoms. The van der Waals surface area contributed by atoms with Crippen LogP contribution in [0.4, 0.5) is 5.69 Å². The molecule has 0 heterocycles. The summed E-state index contributed by atoms with van der Waals surface area (Å²) in [5, 5.41) is -1.02. The first-order valence-electron chi connectivity index (χ1n) is 6.39. The van der Waals surface area contributed by atoms with Crippen LogP contribution in [0.25, 0.3) is 0 Å². The Bertz CT molecular complexity index is 700. The van der Waals surface area contributed by atoms with E-state index in [1.807, 2.05) is 0 Å². The molecule has 0 fully saturated rings. The molecule has 1 atom stereocenters. The van der Waals surface area contributed by atoms with Crippen LogP contribution in [0.3, 0.4) is 0 Å². The van der Waals surface area contributed by atoms with Gasteiger partial charge in [-0.15, -0.1) is 0 Å². The van der Waals surface area contributed by atoms with Crippen LogP contribution in [-0.4, -0.2) is 14.3 Å². The Balaban J connectivity index is 2.33. The molecule has 110 valence electrons. The highest BCUT2D eigenvalue weighted by atomic mass is 32.2. The largest absolute Gasteiger partial charge is 0.370 e. The summed E-state index contributed by atoms with van der Waals surface area (Å²) in [6.45, 7) is 0. The molecule has 0 aliphatic rings. The first kappa shape index (κ1) is 15.1. The minimum absolute atomic E-state index is 0.272. The molecule has 1 unspecified atom stereocenters. The van der Waals surface area contributed by atoms with Crippen molar-refractivity contribution in [3.63, 3.8) is 0 Å². The molecule has 0 aromatic heterocycles. The summed E-state index contributed by atoms with van der Waals surface area (Å²) in [6.07, 6.45) is -0.272. The lowest BCUT2D eigenvalue weighted by Gasteiger charge is -2.18. The number of rotatable bonds is 6. The fourth-order valence-electron chi connectivity index (χ4n) is 2.00. The Kier molecular flexibility index (Phi) is 4.59. The molecule has 2 aromatic carbocycles. The van der Waals surface area contributed by atoms with Crippen LogP contribution in [0.1, 0.15) is 17.2 Å². The fraction of sp³-hybridized carbons (Fsp3) is 0.133. The molecule has 0 aliphatic heterocycles. The number of carbonyl (C=O) groups excluding carboxylic acids is 1. The molecule has 0 aliphatic carbocycles. The van der Waals surface area contributed by atoms with E-state index in [-0.39, 0.29) is 6.42 Å². The molecule has 6 heteroatoms. The molecule has 0 radical (unpaired) electrons. The Morgan fingerprint density at radius 3 is 2.05 bits per heavy atom. The van der Waals surface area contributed by atoms with Crippen molar-refractivity contribution in [2.75, 3.05) is 4.72 Å². The molecule has 0 saturated carbocycles. The number of primary amides is 1. The summed E-state index contributed by atoms with van der Waals surface area (Å²) >= 11 is 0. The van der Waals surface area contributed by atoms with Gasteiger partial charge in [-0.1, -0.05) is 48.5 Å². The lowest BCUT2D eigenvalue weighted by atomic mass is 10.1. The second kappa shape index (κ2) is 6.41. The summed E-state index contributed by atoms with van der Waals surface area (Å²) in [5.74, 6) is -0.665. The number of benzene rings is 2. The number of para-hydroxylation sites is 1. The van der Waals surface area contributed by atoms with Gasteiger partial charge < -0.3 is 5.73 Å². The Hall–Kier alpha value is -2.34. The SMILES string of the molecule is NC(=O)CC(c1ccccc1)S(=O)(=O)Nc1ccccc1. The van der Waals surface area contributed by atoms with Crippen molar-refractivity contribution >= 4 is 21.6 Å². The Morgan fingerprint density at radius 1 is 1.00 bits per heavy atom. The van der Waals surface area contributed by atoms with Gasteiger partial charge >= 0.3 is 0 Å². The standard InChI is InChI=1S/C15H16N2O3S/c16-15(18)11-14(12-7-3-1-4-8-12)21(19,20)17-13-9-5-2-6-10-13/h1-10,14,17H,11H2,(H2,16,18). The van der Waals surface area contributed by atoms with Crippen LogP contribution < -0.4 is 10.5 Å². The third kappa shape index (κ3) is 4.06. The minimum atomic E-state index is -3.77. The van der Waals surface area contributed by atoms with Gasteiger partial charge in [-0.3, -0.25) is 9.52 Å². The highest BCUT2D eigenvalue weighted by molar-refractivity contribution is 7.93. The van der Waals surface area contributed by atoms with Crippen LogP contribution in [0.2, 0.25) is 0 Å². The monoisotopic (exact) mass is 304 g/mol. The van der Waals surface area contributed by atoms with Gasteiger partial charge in [0.25, 0.3) is 0 Å². The molecule has 0 spiro atoms. The second-order valence-corrected chi connectivity index (χ2v) is 6.45. The smallest absolute Gasteiger partial charge is 0.240 e. The zero-order valence-electron chi connectivity index (χ0n) is 11.3. The van der Waals surface area contributed by atoms with Gasteiger partial charge in [-0.25, -0.2) is 8.42 Å². The topological polar surface area (TPSA) is 89.3 Å². The van der Waals surface area contributed by atoms with E-state index in [1.165, 1.54) is 0 Å². The number of hydrogen-bond acceptors (Lipinski definition) is 3. The normalized spacial score (nSPS) is 12.6. The third-order valence-corrected chi connectivity index (χ3v) is 4.67. The first-order chi connectivity index (χ1) is 9.99. The average molecular weight is 304 g/mol. The van der Waals surface area contributed by atoms with Gasteiger partial charge in [0, 0.05) is 12.1 Å². The number of sulfonamides is 1. The van der Waals surface area contributed by atoms with E-state index in [2.05, 4.69) is 4.72 Å². The summed E-state index contributed by atoms with van der Waals surface area (Å²) < 4.78 is 27.5. The zero-order valence-corrected chi connectivity index (χ0v) is 12.1. The third-order valence-electron chi connectivity index (χ3n) is 2.97. The van der Waals surface area contributed by atoms with Gasteiger partial charge in [0.05, 0.1) is 0 Å². The minimum Gasteiger partial charge on any atom is -0.370 e. The molecular weight excluding hydrogens is 288 g/mol. The van der Waals surface area contributed by atoms with Crippen molar-refractivity contribution in [3.8, 4) is 0 Å². The quantitative estimate of drug-likeness (QED) is 0.856. The predicted molar refractivity (Wildman–Crippen MR) is 82.0 cm³/mol. The maximum atomic E-state index is 12.5. The van der Waals surface area contributed by atoms with Gasteiger partial charge in [0.15, 0.2) is 0 Å². The zero-order chi connectivity index (χ0) is 15.3. The van der Waals surface area contributed by atoms with Crippen LogP contribution in [0, 0.1) is 0 Å². The second-order valence-electron chi connectivity index (χ2n) is 4.58. The molecule has 2 aromatic rings. The Labute approximate surface area is 123 Å². The van der Waals surface area contributed by atoms with Crippen molar-refractivity contribution in [1.29, 1.82) is 0 Å². The first-order valence-corrected chi connectivity index (χ1v) is 7.93. The number of amides is 1.